The Morgan fingerprint density at radius 1 is 1.38 bits per heavy atom. The van der Waals surface area contributed by atoms with Crippen molar-refractivity contribution in [3.05, 3.63) is 0 Å². The van der Waals surface area contributed by atoms with Crippen LogP contribution in [0.25, 0.3) is 0 Å². The molecule has 0 spiro atoms. The van der Waals surface area contributed by atoms with Gasteiger partial charge in [0.1, 0.15) is 0 Å². The van der Waals surface area contributed by atoms with Crippen LogP contribution in [0.3, 0.4) is 0 Å². The van der Waals surface area contributed by atoms with Gasteiger partial charge in [0.05, 0.1) is 6.61 Å². The van der Waals surface area contributed by atoms with E-state index in [4.69, 9.17) is 5.11 Å². The van der Waals surface area contributed by atoms with E-state index in [1.165, 1.54) is 12.8 Å². The average molecular weight is 205 g/mol. The highest BCUT2D eigenvalue weighted by atomic mass is 32.1. The number of thiol groups is 1. The molecule has 3 heteroatoms. The molecule has 0 aliphatic rings. The molecule has 0 aromatic carbocycles. The van der Waals surface area contributed by atoms with Crippen LogP contribution >= 0.6 is 12.6 Å². The molecule has 0 saturated carbocycles. The molecule has 0 aromatic heterocycles. The van der Waals surface area contributed by atoms with Crippen molar-refractivity contribution >= 4 is 12.6 Å². The van der Waals surface area contributed by atoms with Crippen LogP contribution in [0.5, 0.6) is 0 Å². The molecule has 0 bridgehead atoms. The Morgan fingerprint density at radius 3 is 2.54 bits per heavy atom. The van der Waals surface area contributed by atoms with Gasteiger partial charge in [-0.05, 0) is 24.6 Å². The van der Waals surface area contributed by atoms with Gasteiger partial charge in [-0.3, -0.25) is 0 Å². The summed E-state index contributed by atoms with van der Waals surface area (Å²) in [5.74, 6) is 1.54. The van der Waals surface area contributed by atoms with E-state index in [2.05, 4.69) is 31.4 Å². The van der Waals surface area contributed by atoms with Crippen molar-refractivity contribution in [2.45, 2.75) is 26.7 Å². The van der Waals surface area contributed by atoms with Gasteiger partial charge in [0.25, 0.3) is 0 Å². The minimum absolute atomic E-state index is 0.267. The first kappa shape index (κ1) is 13.3. The molecule has 0 heterocycles. The first-order valence-electron chi connectivity index (χ1n) is 5.18. The van der Waals surface area contributed by atoms with Crippen molar-refractivity contribution in [2.24, 2.45) is 5.92 Å². The van der Waals surface area contributed by atoms with Crippen LogP contribution < -0.4 is 0 Å². The summed E-state index contributed by atoms with van der Waals surface area (Å²) < 4.78 is 0. The van der Waals surface area contributed by atoms with Crippen molar-refractivity contribution in [3.63, 3.8) is 0 Å². The molecule has 2 nitrogen and oxygen atoms in total. The summed E-state index contributed by atoms with van der Waals surface area (Å²) in [7, 11) is 0. The molecule has 0 radical (unpaired) electrons. The average Bonchev–Trinajstić information content (AvgIpc) is 2.14. The van der Waals surface area contributed by atoms with Crippen LogP contribution in [0.15, 0.2) is 0 Å². The number of hydrogen-bond donors (Lipinski definition) is 2. The monoisotopic (exact) mass is 205 g/mol. The minimum atomic E-state index is 0.267. The molecular formula is C10H23NOS. The molecule has 0 aromatic rings. The molecule has 0 aliphatic heterocycles. The Bertz CT molecular complexity index is 111. The smallest absolute Gasteiger partial charge is 0.0558 e. The fourth-order valence-corrected chi connectivity index (χ4v) is 1.43. The highest BCUT2D eigenvalue weighted by Gasteiger charge is 2.07. The standard InChI is InChI=1S/C10H23NOS/c1-3-4-5-11(6-7-12)8-10(2)9-13/h10,12-13H,3-9H2,1-2H3. The highest BCUT2D eigenvalue weighted by Crippen LogP contribution is 2.03. The van der Waals surface area contributed by atoms with Crippen LogP contribution in [0.1, 0.15) is 26.7 Å². The molecule has 1 N–H and O–H groups in total. The highest BCUT2D eigenvalue weighted by molar-refractivity contribution is 7.80. The first-order valence-corrected chi connectivity index (χ1v) is 5.81. The second-order valence-electron chi connectivity index (χ2n) is 3.67. The number of hydrogen-bond acceptors (Lipinski definition) is 3. The van der Waals surface area contributed by atoms with E-state index >= 15 is 0 Å². The lowest BCUT2D eigenvalue weighted by molar-refractivity contribution is 0.181. The number of unbranched alkanes of at least 4 members (excludes halogenated alkanes) is 1. The molecule has 1 unspecified atom stereocenters. The van der Waals surface area contributed by atoms with Crippen LogP contribution in [-0.2, 0) is 0 Å². The fraction of sp³-hybridized carbons (Fsp3) is 1.00. The molecule has 80 valence electrons. The summed E-state index contributed by atoms with van der Waals surface area (Å²) in [5.41, 5.74) is 0. The summed E-state index contributed by atoms with van der Waals surface area (Å²) in [4.78, 5) is 2.32. The van der Waals surface area contributed by atoms with Crippen LogP contribution in [-0.4, -0.2) is 42.0 Å². The molecule has 0 fully saturated rings. The summed E-state index contributed by atoms with van der Waals surface area (Å²) in [6.45, 7) is 7.63. The van der Waals surface area contributed by atoms with E-state index in [9.17, 15) is 0 Å². The van der Waals surface area contributed by atoms with Gasteiger partial charge < -0.3 is 10.0 Å². The van der Waals surface area contributed by atoms with Crippen LogP contribution in [0, 0.1) is 5.92 Å². The quantitative estimate of drug-likeness (QED) is 0.589. The third kappa shape index (κ3) is 7.35. The van der Waals surface area contributed by atoms with Gasteiger partial charge in [0.2, 0.25) is 0 Å². The number of rotatable bonds is 8. The van der Waals surface area contributed by atoms with Gasteiger partial charge in [0.15, 0.2) is 0 Å². The van der Waals surface area contributed by atoms with Gasteiger partial charge in [-0.15, -0.1) is 0 Å². The van der Waals surface area contributed by atoms with E-state index in [1.54, 1.807) is 0 Å². The molecule has 1 atom stereocenters. The first-order chi connectivity index (χ1) is 6.24. The van der Waals surface area contributed by atoms with Gasteiger partial charge in [-0.1, -0.05) is 20.3 Å². The summed E-state index contributed by atoms with van der Waals surface area (Å²) in [6, 6.07) is 0. The zero-order valence-electron chi connectivity index (χ0n) is 8.87. The summed E-state index contributed by atoms with van der Waals surface area (Å²) in [6.07, 6.45) is 2.44. The molecule has 0 amide bonds. The zero-order chi connectivity index (χ0) is 10.1. The van der Waals surface area contributed by atoms with Crippen LogP contribution in [0.4, 0.5) is 0 Å². The third-order valence-electron chi connectivity index (χ3n) is 2.13. The second kappa shape index (κ2) is 8.85. The van der Waals surface area contributed by atoms with Crippen molar-refractivity contribution < 1.29 is 5.11 Å². The van der Waals surface area contributed by atoms with Crippen molar-refractivity contribution in [3.8, 4) is 0 Å². The van der Waals surface area contributed by atoms with Crippen molar-refractivity contribution in [1.82, 2.24) is 4.90 Å². The molecule has 0 rings (SSSR count). The Morgan fingerprint density at radius 2 is 2.08 bits per heavy atom. The number of aliphatic hydroxyl groups excluding tert-OH is 1. The zero-order valence-corrected chi connectivity index (χ0v) is 9.76. The molecule has 0 saturated heterocycles. The predicted octanol–water partition coefficient (Wildman–Crippen LogP) is 1.65. The lowest BCUT2D eigenvalue weighted by Gasteiger charge is -2.23. The number of aliphatic hydroxyl groups is 1. The van der Waals surface area contributed by atoms with E-state index in [1.807, 2.05) is 0 Å². The van der Waals surface area contributed by atoms with Gasteiger partial charge in [-0.25, -0.2) is 0 Å². The summed E-state index contributed by atoms with van der Waals surface area (Å²) in [5, 5.41) is 8.86. The SMILES string of the molecule is CCCCN(CCO)CC(C)CS. The Balaban J connectivity index is 3.65. The molecule has 13 heavy (non-hydrogen) atoms. The Labute approximate surface area is 87.7 Å². The third-order valence-corrected chi connectivity index (χ3v) is 2.75. The van der Waals surface area contributed by atoms with Gasteiger partial charge in [-0.2, -0.15) is 12.6 Å². The second-order valence-corrected chi connectivity index (χ2v) is 4.03. The maximum Gasteiger partial charge on any atom is 0.0558 e. The van der Waals surface area contributed by atoms with E-state index in [0.717, 1.165) is 25.4 Å². The largest absolute Gasteiger partial charge is 0.395 e. The molecule has 0 aliphatic carbocycles. The Kier molecular flexibility index (Phi) is 9.03. The summed E-state index contributed by atoms with van der Waals surface area (Å²) >= 11 is 4.26. The maximum absolute atomic E-state index is 8.86. The predicted molar refractivity (Wildman–Crippen MR) is 61.5 cm³/mol. The van der Waals surface area contributed by atoms with Gasteiger partial charge in [0, 0.05) is 13.1 Å². The van der Waals surface area contributed by atoms with E-state index < -0.39 is 0 Å². The normalized spacial score (nSPS) is 13.6. The topological polar surface area (TPSA) is 23.5 Å². The minimum Gasteiger partial charge on any atom is -0.395 e. The maximum atomic E-state index is 8.86. The lowest BCUT2D eigenvalue weighted by atomic mass is 10.2. The van der Waals surface area contributed by atoms with Crippen molar-refractivity contribution in [1.29, 1.82) is 0 Å². The Hall–Kier alpha value is 0.270. The molecular weight excluding hydrogens is 182 g/mol. The van der Waals surface area contributed by atoms with Crippen LogP contribution in [0.2, 0.25) is 0 Å². The van der Waals surface area contributed by atoms with E-state index in [0.29, 0.717) is 5.92 Å². The lowest BCUT2D eigenvalue weighted by Crippen LogP contribution is -2.32. The number of nitrogens with zero attached hydrogens (tertiary/aromatic N) is 1. The van der Waals surface area contributed by atoms with Crippen molar-refractivity contribution in [2.75, 3.05) is 32.0 Å². The fourth-order valence-electron chi connectivity index (χ4n) is 1.32. The van der Waals surface area contributed by atoms with E-state index in [-0.39, 0.29) is 6.61 Å². The van der Waals surface area contributed by atoms with Gasteiger partial charge >= 0.3 is 0 Å².